The first kappa shape index (κ1) is 15.9. The van der Waals surface area contributed by atoms with Gasteiger partial charge in [0.2, 0.25) is 5.91 Å². The fraction of sp³-hybridized carbons (Fsp3) is 0.571. The van der Waals surface area contributed by atoms with E-state index in [-0.39, 0.29) is 12.5 Å². The van der Waals surface area contributed by atoms with Crippen LogP contribution in [0, 0.1) is 11.3 Å². The third kappa shape index (κ3) is 3.44. The Morgan fingerprint density at radius 1 is 1.30 bits per heavy atom. The molecule has 1 heterocycles. The Bertz CT molecular complexity index is 521. The fourth-order valence-corrected chi connectivity index (χ4v) is 2.09. The standard InChI is InChI=1S/C14H21N5O/c1-5-10-11(8-15)14(18-17-12(10)6-2)19(4)9-13(20)16-7-3/h5-7,9H2,1-4H3,(H,16,20). The molecule has 0 saturated carbocycles. The van der Waals surface area contributed by atoms with E-state index in [2.05, 4.69) is 21.6 Å². The van der Waals surface area contributed by atoms with E-state index >= 15 is 0 Å². The molecule has 1 N–H and O–H groups in total. The number of carbonyl (C=O) groups excluding carboxylic acids is 1. The van der Waals surface area contributed by atoms with Crippen LogP contribution in [-0.4, -0.2) is 36.2 Å². The zero-order valence-electron chi connectivity index (χ0n) is 12.5. The van der Waals surface area contributed by atoms with Gasteiger partial charge in [0.05, 0.1) is 12.2 Å². The molecule has 0 unspecified atom stereocenters. The molecule has 20 heavy (non-hydrogen) atoms. The maximum absolute atomic E-state index is 11.6. The fourth-order valence-electron chi connectivity index (χ4n) is 2.09. The Balaban J connectivity index is 3.12. The molecular formula is C14H21N5O. The molecule has 0 radical (unpaired) electrons. The Morgan fingerprint density at radius 3 is 2.50 bits per heavy atom. The minimum Gasteiger partial charge on any atom is -0.355 e. The molecule has 0 saturated heterocycles. The molecular weight excluding hydrogens is 254 g/mol. The van der Waals surface area contributed by atoms with E-state index in [4.69, 9.17) is 0 Å². The van der Waals surface area contributed by atoms with Gasteiger partial charge in [-0.05, 0) is 25.3 Å². The van der Waals surface area contributed by atoms with Gasteiger partial charge in [0, 0.05) is 13.6 Å². The van der Waals surface area contributed by atoms with E-state index in [1.807, 2.05) is 20.8 Å². The molecule has 1 amide bonds. The molecule has 0 bridgehead atoms. The molecule has 108 valence electrons. The lowest BCUT2D eigenvalue weighted by Gasteiger charge is -2.20. The van der Waals surface area contributed by atoms with Crippen LogP contribution in [0.3, 0.4) is 0 Å². The van der Waals surface area contributed by atoms with Gasteiger partial charge in [-0.25, -0.2) is 0 Å². The van der Waals surface area contributed by atoms with Crippen LogP contribution in [-0.2, 0) is 17.6 Å². The van der Waals surface area contributed by atoms with Crippen LogP contribution in [0.1, 0.15) is 37.6 Å². The summed E-state index contributed by atoms with van der Waals surface area (Å²) < 4.78 is 0. The Kier molecular flexibility index (Phi) is 5.91. The summed E-state index contributed by atoms with van der Waals surface area (Å²) in [5.74, 6) is 0.367. The Hall–Kier alpha value is -2.16. The van der Waals surface area contributed by atoms with E-state index in [1.54, 1.807) is 11.9 Å². The monoisotopic (exact) mass is 275 g/mol. The summed E-state index contributed by atoms with van der Waals surface area (Å²) in [7, 11) is 1.74. The first-order valence-electron chi connectivity index (χ1n) is 6.85. The number of nitrogens with zero attached hydrogens (tertiary/aromatic N) is 4. The number of hydrogen-bond acceptors (Lipinski definition) is 5. The second-order valence-corrected chi connectivity index (χ2v) is 4.45. The van der Waals surface area contributed by atoms with E-state index in [9.17, 15) is 10.1 Å². The van der Waals surface area contributed by atoms with E-state index in [0.717, 1.165) is 24.1 Å². The molecule has 0 aliphatic rings. The van der Waals surface area contributed by atoms with Crippen molar-refractivity contribution in [3.8, 4) is 6.07 Å². The number of aromatic nitrogens is 2. The minimum absolute atomic E-state index is 0.0988. The molecule has 0 aromatic carbocycles. The maximum atomic E-state index is 11.6. The number of likely N-dealkylation sites (N-methyl/N-ethyl adjacent to an activating group) is 2. The summed E-state index contributed by atoms with van der Waals surface area (Å²) in [5, 5.41) is 20.4. The predicted molar refractivity (Wildman–Crippen MR) is 77.5 cm³/mol. The largest absolute Gasteiger partial charge is 0.355 e. The van der Waals surface area contributed by atoms with Gasteiger partial charge in [-0.3, -0.25) is 4.79 Å². The maximum Gasteiger partial charge on any atom is 0.239 e. The number of anilines is 1. The first-order valence-corrected chi connectivity index (χ1v) is 6.85. The van der Waals surface area contributed by atoms with Crippen LogP contribution in [0.5, 0.6) is 0 Å². The van der Waals surface area contributed by atoms with Gasteiger partial charge in [0.25, 0.3) is 0 Å². The number of rotatable bonds is 6. The summed E-state index contributed by atoms with van der Waals surface area (Å²) >= 11 is 0. The average molecular weight is 275 g/mol. The number of nitriles is 1. The molecule has 6 heteroatoms. The number of hydrogen-bond donors (Lipinski definition) is 1. The summed E-state index contributed by atoms with van der Waals surface area (Å²) in [5.41, 5.74) is 2.29. The van der Waals surface area contributed by atoms with Crippen molar-refractivity contribution in [2.75, 3.05) is 25.0 Å². The number of carbonyl (C=O) groups is 1. The van der Waals surface area contributed by atoms with E-state index in [1.165, 1.54) is 0 Å². The van der Waals surface area contributed by atoms with Crippen LogP contribution in [0.4, 0.5) is 5.82 Å². The van der Waals surface area contributed by atoms with Crippen molar-refractivity contribution in [1.82, 2.24) is 15.5 Å². The molecule has 1 rings (SSSR count). The van der Waals surface area contributed by atoms with Gasteiger partial charge < -0.3 is 10.2 Å². The van der Waals surface area contributed by atoms with Crippen LogP contribution >= 0.6 is 0 Å². The van der Waals surface area contributed by atoms with E-state index in [0.29, 0.717) is 17.9 Å². The van der Waals surface area contributed by atoms with Crippen LogP contribution in [0.25, 0.3) is 0 Å². The molecule has 1 aromatic heterocycles. The average Bonchev–Trinajstić information content (AvgIpc) is 2.45. The van der Waals surface area contributed by atoms with Gasteiger partial charge in [0.15, 0.2) is 5.82 Å². The molecule has 6 nitrogen and oxygen atoms in total. The first-order chi connectivity index (χ1) is 9.58. The van der Waals surface area contributed by atoms with Crippen molar-refractivity contribution in [3.63, 3.8) is 0 Å². The van der Waals surface area contributed by atoms with Gasteiger partial charge >= 0.3 is 0 Å². The van der Waals surface area contributed by atoms with Gasteiger partial charge in [-0.15, -0.1) is 5.10 Å². The quantitative estimate of drug-likeness (QED) is 0.839. The van der Waals surface area contributed by atoms with Crippen molar-refractivity contribution in [2.45, 2.75) is 33.6 Å². The molecule has 0 aliphatic heterocycles. The third-order valence-corrected chi connectivity index (χ3v) is 3.06. The zero-order valence-corrected chi connectivity index (χ0v) is 12.5. The Labute approximate surface area is 119 Å². The Morgan fingerprint density at radius 2 is 2.00 bits per heavy atom. The highest BCUT2D eigenvalue weighted by Gasteiger charge is 2.18. The van der Waals surface area contributed by atoms with E-state index < -0.39 is 0 Å². The van der Waals surface area contributed by atoms with Gasteiger partial charge in [0.1, 0.15) is 11.6 Å². The highest BCUT2D eigenvalue weighted by Crippen LogP contribution is 2.22. The SMILES string of the molecule is CCNC(=O)CN(C)c1nnc(CC)c(CC)c1C#N. The third-order valence-electron chi connectivity index (χ3n) is 3.06. The zero-order chi connectivity index (χ0) is 15.1. The normalized spacial score (nSPS) is 9.95. The van der Waals surface area contributed by atoms with Crippen molar-refractivity contribution >= 4 is 11.7 Å². The lowest BCUT2D eigenvalue weighted by molar-refractivity contribution is -0.119. The topological polar surface area (TPSA) is 81.9 Å². The van der Waals surface area contributed by atoms with Crippen molar-refractivity contribution in [2.24, 2.45) is 0 Å². The number of nitrogens with one attached hydrogen (secondary N) is 1. The molecule has 0 atom stereocenters. The van der Waals surface area contributed by atoms with Gasteiger partial charge in [-0.2, -0.15) is 10.4 Å². The lowest BCUT2D eigenvalue weighted by Crippen LogP contribution is -2.36. The van der Waals surface area contributed by atoms with Crippen LogP contribution < -0.4 is 10.2 Å². The molecule has 0 spiro atoms. The predicted octanol–water partition coefficient (Wildman–Crippen LogP) is 1.05. The number of amides is 1. The van der Waals surface area contributed by atoms with Crippen molar-refractivity contribution in [3.05, 3.63) is 16.8 Å². The summed E-state index contributed by atoms with van der Waals surface area (Å²) in [6, 6.07) is 2.20. The minimum atomic E-state index is -0.0988. The van der Waals surface area contributed by atoms with Gasteiger partial charge in [-0.1, -0.05) is 13.8 Å². The van der Waals surface area contributed by atoms with Crippen LogP contribution in [0.2, 0.25) is 0 Å². The van der Waals surface area contributed by atoms with Crippen molar-refractivity contribution in [1.29, 1.82) is 5.26 Å². The smallest absolute Gasteiger partial charge is 0.239 e. The summed E-state index contributed by atoms with van der Waals surface area (Å²) in [4.78, 5) is 13.3. The second-order valence-electron chi connectivity index (χ2n) is 4.45. The molecule has 0 fully saturated rings. The van der Waals surface area contributed by atoms with Crippen molar-refractivity contribution < 1.29 is 4.79 Å². The highest BCUT2D eigenvalue weighted by atomic mass is 16.2. The molecule has 0 aliphatic carbocycles. The van der Waals surface area contributed by atoms with Crippen LogP contribution in [0.15, 0.2) is 0 Å². The lowest BCUT2D eigenvalue weighted by atomic mass is 10.0. The number of aryl methyl sites for hydroxylation is 1. The summed E-state index contributed by atoms with van der Waals surface area (Å²) in [6.45, 7) is 6.58. The second kappa shape index (κ2) is 7.43. The molecule has 1 aromatic rings. The highest BCUT2D eigenvalue weighted by molar-refractivity contribution is 5.81. The summed E-state index contributed by atoms with van der Waals surface area (Å²) in [6.07, 6.45) is 1.47.